The quantitative estimate of drug-likeness (QED) is 0.563. The second-order valence-electron chi connectivity index (χ2n) is 6.38. The molecule has 3 aromatic heterocycles. The minimum atomic E-state index is -0.570. The Kier molecular flexibility index (Phi) is 3.86. The van der Waals surface area contributed by atoms with Crippen LogP contribution >= 0.6 is 0 Å². The molecule has 1 aliphatic heterocycles. The Labute approximate surface area is 148 Å². The molecular formula is C16H17N7O3. The molecule has 1 saturated heterocycles. The zero-order valence-corrected chi connectivity index (χ0v) is 14.1. The number of rotatable bonds is 3. The van der Waals surface area contributed by atoms with Crippen LogP contribution in [0.3, 0.4) is 0 Å². The number of amides is 1. The zero-order chi connectivity index (χ0) is 18.3. The predicted molar refractivity (Wildman–Crippen MR) is 90.8 cm³/mol. The van der Waals surface area contributed by atoms with Crippen LogP contribution in [0.25, 0.3) is 5.65 Å². The van der Waals surface area contributed by atoms with Crippen molar-refractivity contribution in [3.05, 3.63) is 51.7 Å². The monoisotopic (exact) mass is 355 g/mol. The molecule has 0 bridgehead atoms. The van der Waals surface area contributed by atoms with Crippen LogP contribution in [0.1, 0.15) is 40.8 Å². The SMILES string of the molecule is Cc1[nH]nc(C(=O)N2CCC[C@@H](c3nnc4ccccn34)C2)c1[N+](=O)[O-]. The van der Waals surface area contributed by atoms with Gasteiger partial charge in [-0.2, -0.15) is 5.10 Å². The number of fused-ring (bicyclic) bond motifs is 1. The molecule has 0 unspecified atom stereocenters. The van der Waals surface area contributed by atoms with Gasteiger partial charge in [-0.15, -0.1) is 10.2 Å². The van der Waals surface area contributed by atoms with Crippen LogP contribution in [0, 0.1) is 17.0 Å². The van der Waals surface area contributed by atoms with Gasteiger partial charge in [0.15, 0.2) is 5.65 Å². The summed E-state index contributed by atoms with van der Waals surface area (Å²) in [6, 6.07) is 5.67. The zero-order valence-electron chi connectivity index (χ0n) is 14.1. The summed E-state index contributed by atoms with van der Waals surface area (Å²) in [5.74, 6) is 0.384. The number of nitrogens with zero attached hydrogens (tertiary/aromatic N) is 6. The van der Waals surface area contributed by atoms with E-state index in [1.165, 1.54) is 6.92 Å². The van der Waals surface area contributed by atoms with E-state index in [4.69, 9.17) is 0 Å². The lowest BCUT2D eigenvalue weighted by Gasteiger charge is -2.31. The van der Waals surface area contributed by atoms with Crippen molar-refractivity contribution in [1.29, 1.82) is 0 Å². The Morgan fingerprint density at radius 1 is 1.38 bits per heavy atom. The van der Waals surface area contributed by atoms with Crippen molar-refractivity contribution in [1.82, 2.24) is 29.7 Å². The third-order valence-corrected chi connectivity index (χ3v) is 4.71. The number of aromatic nitrogens is 5. The van der Waals surface area contributed by atoms with Gasteiger partial charge in [-0.3, -0.25) is 24.4 Å². The number of hydrogen-bond donors (Lipinski definition) is 1. The van der Waals surface area contributed by atoms with Crippen LogP contribution in [0.5, 0.6) is 0 Å². The standard InChI is InChI=1S/C16H17N7O3/c1-10-14(23(25)26)13(19-17-10)16(24)21-7-4-5-11(9-21)15-20-18-12-6-2-3-8-22(12)15/h2-3,6,8,11H,4-5,7,9H2,1H3,(H,17,19)/t11-/m1/s1. The molecular weight excluding hydrogens is 338 g/mol. The van der Waals surface area contributed by atoms with E-state index in [2.05, 4.69) is 20.4 Å². The molecule has 0 saturated carbocycles. The van der Waals surface area contributed by atoms with Crippen LogP contribution in [0.15, 0.2) is 24.4 Å². The number of nitrogens with one attached hydrogen (secondary N) is 1. The third kappa shape index (κ3) is 2.59. The van der Waals surface area contributed by atoms with Crippen LogP contribution in [0.4, 0.5) is 5.69 Å². The number of carbonyl (C=O) groups is 1. The van der Waals surface area contributed by atoms with Gasteiger partial charge in [0.1, 0.15) is 11.5 Å². The molecule has 1 atom stereocenters. The van der Waals surface area contributed by atoms with Crippen molar-refractivity contribution in [2.45, 2.75) is 25.7 Å². The second kappa shape index (κ2) is 6.21. The maximum Gasteiger partial charge on any atom is 0.322 e. The Morgan fingerprint density at radius 3 is 3.04 bits per heavy atom. The van der Waals surface area contributed by atoms with Crippen molar-refractivity contribution in [2.24, 2.45) is 0 Å². The van der Waals surface area contributed by atoms with Crippen LogP contribution in [-0.4, -0.2) is 53.6 Å². The maximum atomic E-state index is 12.8. The molecule has 1 N–H and O–H groups in total. The van der Waals surface area contributed by atoms with Gasteiger partial charge >= 0.3 is 5.69 Å². The van der Waals surface area contributed by atoms with E-state index in [1.807, 2.05) is 28.8 Å². The number of carbonyl (C=O) groups excluding carboxylic acids is 1. The van der Waals surface area contributed by atoms with Gasteiger partial charge in [-0.25, -0.2) is 0 Å². The minimum Gasteiger partial charge on any atom is -0.336 e. The van der Waals surface area contributed by atoms with E-state index < -0.39 is 10.8 Å². The summed E-state index contributed by atoms with van der Waals surface area (Å²) in [7, 11) is 0. The minimum absolute atomic E-state index is 0.0178. The van der Waals surface area contributed by atoms with E-state index in [0.717, 1.165) is 24.3 Å². The summed E-state index contributed by atoms with van der Waals surface area (Å²) in [6.45, 7) is 2.50. The lowest BCUT2D eigenvalue weighted by molar-refractivity contribution is -0.385. The van der Waals surface area contributed by atoms with Crippen molar-refractivity contribution in [3.63, 3.8) is 0 Å². The fourth-order valence-electron chi connectivity index (χ4n) is 3.46. The molecule has 0 spiro atoms. The Hall–Kier alpha value is -3.30. The first-order valence-electron chi connectivity index (χ1n) is 8.34. The predicted octanol–water partition coefficient (Wildman–Crippen LogP) is 1.69. The number of aryl methyl sites for hydroxylation is 1. The van der Waals surface area contributed by atoms with E-state index >= 15 is 0 Å². The molecule has 26 heavy (non-hydrogen) atoms. The highest BCUT2D eigenvalue weighted by atomic mass is 16.6. The Balaban J connectivity index is 1.61. The number of hydrogen-bond acceptors (Lipinski definition) is 6. The Morgan fingerprint density at radius 2 is 2.23 bits per heavy atom. The Bertz CT molecular complexity index is 993. The van der Waals surface area contributed by atoms with Gasteiger partial charge in [0.2, 0.25) is 5.69 Å². The topological polar surface area (TPSA) is 122 Å². The summed E-state index contributed by atoms with van der Waals surface area (Å²) in [5, 5.41) is 26.1. The average molecular weight is 355 g/mol. The van der Waals surface area contributed by atoms with Crippen LogP contribution in [0.2, 0.25) is 0 Å². The van der Waals surface area contributed by atoms with Crippen molar-refractivity contribution >= 4 is 17.2 Å². The lowest BCUT2D eigenvalue weighted by Crippen LogP contribution is -2.40. The van der Waals surface area contributed by atoms with Gasteiger partial charge in [-0.05, 0) is 31.9 Å². The molecule has 0 radical (unpaired) electrons. The second-order valence-corrected chi connectivity index (χ2v) is 6.38. The molecule has 1 aliphatic rings. The molecule has 0 aromatic carbocycles. The number of likely N-dealkylation sites (tertiary alicyclic amines) is 1. The van der Waals surface area contributed by atoms with Crippen LogP contribution < -0.4 is 0 Å². The largest absolute Gasteiger partial charge is 0.336 e. The molecule has 4 rings (SSSR count). The van der Waals surface area contributed by atoms with Crippen molar-refractivity contribution in [2.75, 3.05) is 13.1 Å². The molecule has 10 nitrogen and oxygen atoms in total. The number of aromatic amines is 1. The highest BCUT2D eigenvalue weighted by Gasteiger charge is 2.34. The first-order valence-corrected chi connectivity index (χ1v) is 8.34. The van der Waals surface area contributed by atoms with Gasteiger partial charge in [-0.1, -0.05) is 6.07 Å². The normalized spacial score (nSPS) is 17.6. The smallest absolute Gasteiger partial charge is 0.322 e. The number of pyridine rings is 1. The first kappa shape index (κ1) is 16.2. The van der Waals surface area contributed by atoms with E-state index in [0.29, 0.717) is 13.1 Å². The highest BCUT2D eigenvalue weighted by molar-refractivity contribution is 5.96. The molecule has 1 fully saturated rings. The van der Waals surface area contributed by atoms with E-state index in [-0.39, 0.29) is 23.0 Å². The molecule has 0 aliphatic carbocycles. The maximum absolute atomic E-state index is 12.8. The third-order valence-electron chi connectivity index (χ3n) is 4.71. The van der Waals surface area contributed by atoms with Crippen LogP contribution in [-0.2, 0) is 0 Å². The number of nitro groups is 1. The highest BCUT2D eigenvalue weighted by Crippen LogP contribution is 2.29. The summed E-state index contributed by atoms with van der Waals surface area (Å²) >= 11 is 0. The summed E-state index contributed by atoms with van der Waals surface area (Å²) in [5.41, 5.74) is 0.629. The van der Waals surface area contributed by atoms with Crippen molar-refractivity contribution < 1.29 is 9.72 Å². The fourth-order valence-corrected chi connectivity index (χ4v) is 3.46. The fraction of sp³-hybridized carbons (Fsp3) is 0.375. The van der Waals surface area contributed by atoms with Gasteiger partial charge < -0.3 is 4.90 Å². The molecule has 3 aromatic rings. The number of piperidine rings is 1. The molecule has 1 amide bonds. The summed E-state index contributed by atoms with van der Waals surface area (Å²) < 4.78 is 1.92. The molecule has 10 heteroatoms. The van der Waals surface area contributed by atoms with Gasteiger partial charge in [0.25, 0.3) is 5.91 Å². The molecule has 134 valence electrons. The first-order chi connectivity index (χ1) is 12.6. The molecule has 4 heterocycles. The van der Waals surface area contributed by atoms with Gasteiger partial charge in [0.05, 0.1) is 4.92 Å². The number of H-pyrrole nitrogens is 1. The average Bonchev–Trinajstić information content (AvgIpc) is 3.25. The van der Waals surface area contributed by atoms with Crippen molar-refractivity contribution in [3.8, 4) is 0 Å². The summed E-state index contributed by atoms with van der Waals surface area (Å²) in [6.07, 6.45) is 3.56. The van der Waals surface area contributed by atoms with E-state index in [1.54, 1.807) is 4.90 Å². The lowest BCUT2D eigenvalue weighted by atomic mass is 9.97. The van der Waals surface area contributed by atoms with E-state index in [9.17, 15) is 14.9 Å². The summed E-state index contributed by atoms with van der Waals surface area (Å²) in [4.78, 5) is 25.1. The van der Waals surface area contributed by atoms with Gasteiger partial charge in [0, 0.05) is 25.2 Å².